The highest BCUT2D eigenvalue weighted by molar-refractivity contribution is 9.10. The van der Waals surface area contributed by atoms with Crippen LogP contribution in [-0.2, 0) is 6.54 Å². The molecular weight excluding hydrogens is 330 g/mol. The molecule has 0 aliphatic carbocycles. The van der Waals surface area contributed by atoms with Crippen LogP contribution < -0.4 is 0 Å². The zero-order chi connectivity index (χ0) is 15.0. The summed E-state index contributed by atoms with van der Waals surface area (Å²) < 4.78 is 3.09. The Morgan fingerprint density at radius 1 is 1.19 bits per heavy atom. The Morgan fingerprint density at radius 3 is 2.57 bits per heavy atom. The van der Waals surface area contributed by atoms with Crippen LogP contribution in [0.25, 0.3) is 10.9 Å². The Kier molecular flexibility index (Phi) is 3.55. The number of benzene rings is 2. The molecule has 1 N–H and O–H groups in total. The maximum absolute atomic E-state index is 11.5. The summed E-state index contributed by atoms with van der Waals surface area (Å²) in [4.78, 5) is 11.5. The summed E-state index contributed by atoms with van der Waals surface area (Å²) in [5, 5.41) is 10.4. The summed E-state index contributed by atoms with van der Waals surface area (Å²) in [6.45, 7) is 2.66. The van der Waals surface area contributed by atoms with Gasteiger partial charge in [0.2, 0.25) is 0 Å². The van der Waals surface area contributed by atoms with Gasteiger partial charge in [-0.05, 0) is 36.8 Å². The molecule has 3 nitrogen and oxygen atoms in total. The van der Waals surface area contributed by atoms with Crippen molar-refractivity contribution in [2.24, 2.45) is 0 Å². The van der Waals surface area contributed by atoms with E-state index < -0.39 is 5.97 Å². The van der Waals surface area contributed by atoms with Crippen LogP contribution in [0.2, 0.25) is 0 Å². The van der Waals surface area contributed by atoms with E-state index >= 15 is 0 Å². The number of aromatic carboxylic acids is 1. The van der Waals surface area contributed by atoms with Crippen LogP contribution >= 0.6 is 15.9 Å². The summed E-state index contributed by atoms with van der Waals surface area (Å²) in [5.74, 6) is -0.893. The van der Waals surface area contributed by atoms with Crippen LogP contribution in [0.5, 0.6) is 0 Å². The molecule has 4 heteroatoms. The van der Waals surface area contributed by atoms with Crippen LogP contribution in [0.1, 0.15) is 21.6 Å². The van der Waals surface area contributed by atoms with E-state index in [-0.39, 0.29) is 0 Å². The van der Waals surface area contributed by atoms with Gasteiger partial charge in [-0.2, -0.15) is 0 Å². The lowest BCUT2D eigenvalue weighted by Crippen LogP contribution is -2.06. The summed E-state index contributed by atoms with van der Waals surface area (Å²) >= 11 is 3.42. The minimum Gasteiger partial charge on any atom is -0.478 e. The van der Waals surface area contributed by atoms with Gasteiger partial charge in [-0.15, -0.1) is 0 Å². The smallest absolute Gasteiger partial charge is 0.337 e. The van der Waals surface area contributed by atoms with Crippen LogP contribution in [0.3, 0.4) is 0 Å². The van der Waals surface area contributed by atoms with Crippen LogP contribution in [0, 0.1) is 6.92 Å². The molecule has 0 amide bonds. The van der Waals surface area contributed by atoms with Gasteiger partial charge in [-0.1, -0.05) is 40.2 Å². The van der Waals surface area contributed by atoms with Crippen molar-refractivity contribution >= 4 is 32.8 Å². The zero-order valence-corrected chi connectivity index (χ0v) is 13.1. The fourth-order valence-corrected chi connectivity index (χ4v) is 2.87. The highest BCUT2D eigenvalue weighted by Crippen LogP contribution is 2.25. The van der Waals surface area contributed by atoms with Gasteiger partial charge in [0.1, 0.15) is 0 Å². The molecule has 21 heavy (non-hydrogen) atoms. The quantitative estimate of drug-likeness (QED) is 0.762. The molecular formula is C17H14BrNO2. The Labute approximate surface area is 131 Å². The Hall–Kier alpha value is -2.07. The van der Waals surface area contributed by atoms with Crippen molar-refractivity contribution in [2.45, 2.75) is 13.5 Å². The fourth-order valence-electron chi connectivity index (χ4n) is 2.61. The van der Waals surface area contributed by atoms with Gasteiger partial charge in [-0.25, -0.2) is 4.79 Å². The van der Waals surface area contributed by atoms with Crippen molar-refractivity contribution < 1.29 is 9.90 Å². The van der Waals surface area contributed by atoms with Gasteiger partial charge < -0.3 is 9.67 Å². The molecule has 0 spiro atoms. The van der Waals surface area contributed by atoms with E-state index in [4.69, 9.17) is 0 Å². The normalized spacial score (nSPS) is 11.0. The van der Waals surface area contributed by atoms with Crippen molar-refractivity contribution in [3.63, 3.8) is 0 Å². The molecule has 0 atom stereocenters. The predicted molar refractivity (Wildman–Crippen MR) is 86.9 cm³/mol. The van der Waals surface area contributed by atoms with Crippen molar-refractivity contribution in [2.75, 3.05) is 0 Å². The first kappa shape index (κ1) is 13.9. The van der Waals surface area contributed by atoms with Crippen molar-refractivity contribution in [3.8, 4) is 0 Å². The molecule has 0 bridgehead atoms. The van der Waals surface area contributed by atoms with E-state index in [9.17, 15) is 9.90 Å². The number of hydrogen-bond donors (Lipinski definition) is 1. The summed E-state index contributed by atoms with van der Waals surface area (Å²) in [7, 11) is 0. The predicted octanol–water partition coefficient (Wildman–Crippen LogP) is 4.46. The monoisotopic (exact) mass is 343 g/mol. The van der Waals surface area contributed by atoms with Gasteiger partial charge >= 0.3 is 5.97 Å². The SMILES string of the molecule is Cc1cc2cccc(C(=O)O)c2n1Cc1ccc(Br)cc1. The second kappa shape index (κ2) is 5.37. The molecule has 1 heterocycles. The van der Waals surface area contributed by atoms with Crippen molar-refractivity contribution in [3.05, 3.63) is 69.8 Å². The highest BCUT2D eigenvalue weighted by atomic mass is 79.9. The first-order valence-corrected chi connectivity index (χ1v) is 7.42. The highest BCUT2D eigenvalue weighted by Gasteiger charge is 2.14. The number of carboxylic acid groups (broad SMARTS) is 1. The molecule has 1 aromatic heterocycles. The molecule has 0 saturated carbocycles. The first-order valence-electron chi connectivity index (χ1n) is 6.63. The topological polar surface area (TPSA) is 42.2 Å². The first-order chi connectivity index (χ1) is 10.1. The number of nitrogens with zero attached hydrogens (tertiary/aromatic N) is 1. The summed E-state index contributed by atoms with van der Waals surface area (Å²) in [6.07, 6.45) is 0. The van der Waals surface area contributed by atoms with Crippen molar-refractivity contribution in [1.82, 2.24) is 4.57 Å². The maximum atomic E-state index is 11.5. The van der Waals surface area contributed by atoms with E-state index in [1.54, 1.807) is 12.1 Å². The third-order valence-electron chi connectivity index (χ3n) is 3.61. The number of halogens is 1. The minimum absolute atomic E-state index is 0.345. The molecule has 2 aromatic carbocycles. The van der Waals surface area contributed by atoms with Gasteiger partial charge in [0.25, 0.3) is 0 Å². The number of carbonyl (C=O) groups is 1. The standard InChI is InChI=1S/C17H14BrNO2/c1-11-9-13-3-2-4-15(17(20)21)16(13)19(11)10-12-5-7-14(18)8-6-12/h2-9H,10H2,1H3,(H,20,21). The molecule has 0 saturated heterocycles. The van der Waals surface area contributed by atoms with E-state index in [2.05, 4.69) is 20.5 Å². The van der Waals surface area contributed by atoms with E-state index in [0.717, 1.165) is 26.6 Å². The molecule has 3 rings (SSSR count). The molecule has 0 unspecified atom stereocenters. The van der Waals surface area contributed by atoms with Gasteiger partial charge in [0, 0.05) is 22.1 Å². The zero-order valence-electron chi connectivity index (χ0n) is 11.5. The minimum atomic E-state index is -0.893. The lowest BCUT2D eigenvalue weighted by molar-refractivity contribution is 0.0698. The van der Waals surface area contributed by atoms with Crippen molar-refractivity contribution in [1.29, 1.82) is 0 Å². The number of hydrogen-bond acceptors (Lipinski definition) is 1. The number of aromatic nitrogens is 1. The second-order valence-corrected chi connectivity index (χ2v) is 5.96. The van der Waals surface area contributed by atoms with Crippen LogP contribution in [-0.4, -0.2) is 15.6 Å². The number of para-hydroxylation sites is 1. The molecule has 0 radical (unpaired) electrons. The second-order valence-electron chi connectivity index (χ2n) is 5.05. The average molecular weight is 344 g/mol. The molecule has 3 aromatic rings. The largest absolute Gasteiger partial charge is 0.478 e. The van der Waals surface area contributed by atoms with Crippen LogP contribution in [0.4, 0.5) is 0 Å². The summed E-state index contributed by atoms with van der Waals surface area (Å²) in [6, 6.07) is 15.5. The third kappa shape index (κ3) is 2.59. The number of carboxylic acids is 1. The number of aryl methyl sites for hydroxylation is 1. The third-order valence-corrected chi connectivity index (χ3v) is 4.14. The number of rotatable bonds is 3. The maximum Gasteiger partial charge on any atom is 0.337 e. The molecule has 0 fully saturated rings. The fraction of sp³-hybridized carbons (Fsp3) is 0.118. The van der Waals surface area contributed by atoms with E-state index in [1.165, 1.54) is 0 Å². The van der Waals surface area contributed by atoms with E-state index in [0.29, 0.717) is 12.1 Å². The molecule has 0 aliphatic rings. The Balaban J connectivity index is 2.15. The van der Waals surface area contributed by atoms with Gasteiger partial charge in [0.15, 0.2) is 0 Å². The van der Waals surface area contributed by atoms with Gasteiger partial charge in [0.05, 0.1) is 11.1 Å². The lowest BCUT2D eigenvalue weighted by atomic mass is 10.1. The molecule has 0 aliphatic heterocycles. The number of fused-ring (bicyclic) bond motifs is 1. The Bertz CT molecular complexity index is 819. The van der Waals surface area contributed by atoms with Crippen LogP contribution in [0.15, 0.2) is 53.0 Å². The summed E-state index contributed by atoms with van der Waals surface area (Å²) in [5.41, 5.74) is 3.32. The van der Waals surface area contributed by atoms with Gasteiger partial charge in [-0.3, -0.25) is 0 Å². The lowest BCUT2D eigenvalue weighted by Gasteiger charge is -2.10. The Morgan fingerprint density at radius 2 is 1.90 bits per heavy atom. The van der Waals surface area contributed by atoms with E-state index in [1.807, 2.05) is 43.3 Å². The average Bonchev–Trinajstić information content (AvgIpc) is 2.77. The molecule has 106 valence electrons.